The molecule has 4 nitrogen and oxygen atoms in total. The molecule has 2 unspecified atom stereocenters. The van der Waals surface area contributed by atoms with Gasteiger partial charge >= 0.3 is 27.1 Å². The Morgan fingerprint density at radius 2 is 1.48 bits per heavy atom. The first-order valence-electron chi connectivity index (χ1n) is 7.29. The van der Waals surface area contributed by atoms with E-state index in [1.54, 1.807) is 0 Å². The molecule has 1 aliphatic rings. The summed E-state index contributed by atoms with van der Waals surface area (Å²) in [5.74, 6) is 0. The predicted octanol–water partition coefficient (Wildman–Crippen LogP) is 2.33. The molecule has 0 amide bonds. The largest absolute Gasteiger partial charge is 0.420 e. The quantitative estimate of drug-likeness (QED) is 0.762. The van der Waals surface area contributed by atoms with Crippen LogP contribution in [-0.4, -0.2) is 36.4 Å². The van der Waals surface area contributed by atoms with Crippen LogP contribution in [0.25, 0.3) is 5.57 Å². The Hall–Kier alpha value is -0.332. The second-order valence-electron chi connectivity index (χ2n) is 5.42. The highest BCUT2D eigenvalue weighted by Crippen LogP contribution is 2.22. The van der Waals surface area contributed by atoms with Crippen molar-refractivity contribution in [1.29, 1.82) is 0 Å². The second-order valence-corrected chi connectivity index (χ2v) is 15.2. The lowest BCUT2D eigenvalue weighted by Crippen LogP contribution is -2.52. The van der Waals surface area contributed by atoms with Gasteiger partial charge in [0.05, 0.1) is 0 Å². The van der Waals surface area contributed by atoms with Crippen LogP contribution in [0, 0.1) is 0 Å². The van der Waals surface area contributed by atoms with Crippen molar-refractivity contribution in [2.75, 3.05) is 0 Å². The Morgan fingerprint density at radius 3 is 2.00 bits per heavy atom. The van der Waals surface area contributed by atoms with Gasteiger partial charge in [0.1, 0.15) is 0 Å². The third-order valence-corrected chi connectivity index (χ3v) is 16.8. The zero-order chi connectivity index (χ0) is 15.5. The van der Waals surface area contributed by atoms with Crippen molar-refractivity contribution in [2.24, 2.45) is 0 Å². The first kappa shape index (κ1) is 17.0. The zero-order valence-corrected chi connectivity index (χ0v) is 17.8. The standard InChI is InChI=1S/C13H24O4Si4/c1-12(13-9-7-6-8-10-13)11-21(5)16-19(3)14-18(2)15-20(4)17-21/h6-11,18-20H,1-5H3. The third-order valence-electron chi connectivity index (χ3n) is 3.27. The molecule has 0 aliphatic carbocycles. The van der Waals surface area contributed by atoms with Gasteiger partial charge in [-0.3, -0.25) is 0 Å². The molecule has 0 bridgehead atoms. The van der Waals surface area contributed by atoms with Crippen LogP contribution in [0.15, 0.2) is 36.0 Å². The van der Waals surface area contributed by atoms with Gasteiger partial charge in [-0.25, -0.2) is 0 Å². The highest BCUT2D eigenvalue weighted by atomic mass is 28.5. The molecule has 8 heteroatoms. The van der Waals surface area contributed by atoms with Gasteiger partial charge in [-0.2, -0.15) is 0 Å². The molecule has 116 valence electrons. The van der Waals surface area contributed by atoms with Gasteiger partial charge in [-0.05, 0) is 49.9 Å². The summed E-state index contributed by atoms with van der Waals surface area (Å²) in [5.41, 5.74) is 4.58. The maximum atomic E-state index is 6.26. The number of hydrogen-bond donors (Lipinski definition) is 0. The van der Waals surface area contributed by atoms with E-state index < -0.39 is 36.4 Å². The van der Waals surface area contributed by atoms with E-state index in [-0.39, 0.29) is 0 Å². The normalized spacial score (nSPS) is 35.1. The van der Waals surface area contributed by atoms with E-state index in [0.717, 1.165) is 0 Å². The van der Waals surface area contributed by atoms with Crippen LogP contribution in [0.2, 0.25) is 26.2 Å². The lowest BCUT2D eigenvalue weighted by molar-refractivity contribution is 0.283. The molecule has 0 radical (unpaired) electrons. The van der Waals surface area contributed by atoms with Crippen molar-refractivity contribution < 1.29 is 16.5 Å². The highest BCUT2D eigenvalue weighted by Gasteiger charge is 2.38. The molecule has 2 atom stereocenters. The summed E-state index contributed by atoms with van der Waals surface area (Å²) < 4.78 is 24.4. The zero-order valence-electron chi connectivity index (χ0n) is 13.3. The van der Waals surface area contributed by atoms with Crippen LogP contribution < -0.4 is 0 Å². The Balaban J connectivity index is 2.22. The van der Waals surface area contributed by atoms with Crippen molar-refractivity contribution >= 4 is 42.0 Å². The fraction of sp³-hybridized carbons (Fsp3) is 0.385. The predicted molar refractivity (Wildman–Crippen MR) is 95.1 cm³/mol. The molecular formula is C13H24O4Si4. The van der Waals surface area contributed by atoms with Gasteiger partial charge in [0.25, 0.3) is 9.28 Å². The number of allylic oxidation sites excluding steroid dienone is 1. The Kier molecular flexibility index (Phi) is 5.91. The Labute approximate surface area is 133 Å². The van der Waals surface area contributed by atoms with Crippen LogP contribution in [0.5, 0.6) is 0 Å². The van der Waals surface area contributed by atoms with Crippen LogP contribution in [0.4, 0.5) is 0 Å². The fourth-order valence-electron chi connectivity index (χ4n) is 2.56. The van der Waals surface area contributed by atoms with Gasteiger partial charge < -0.3 is 16.5 Å². The average molecular weight is 357 g/mol. The van der Waals surface area contributed by atoms with Crippen molar-refractivity contribution in [3.63, 3.8) is 0 Å². The van der Waals surface area contributed by atoms with E-state index in [2.05, 4.69) is 50.9 Å². The molecule has 0 spiro atoms. The van der Waals surface area contributed by atoms with Gasteiger partial charge in [0, 0.05) is 0 Å². The van der Waals surface area contributed by atoms with Crippen molar-refractivity contribution in [2.45, 2.75) is 33.1 Å². The molecule has 1 heterocycles. The maximum Gasteiger partial charge on any atom is 0.344 e. The Bertz CT molecular complexity index is 482. The summed E-state index contributed by atoms with van der Waals surface area (Å²) >= 11 is 0. The first-order chi connectivity index (χ1) is 9.88. The molecule has 1 aliphatic heterocycles. The van der Waals surface area contributed by atoms with E-state index in [9.17, 15) is 0 Å². The summed E-state index contributed by atoms with van der Waals surface area (Å²) in [6, 6.07) is 10.3. The number of hydrogen-bond acceptors (Lipinski definition) is 4. The van der Waals surface area contributed by atoms with Gasteiger partial charge in [0.15, 0.2) is 0 Å². The highest BCUT2D eigenvalue weighted by molar-refractivity contribution is 6.84. The van der Waals surface area contributed by atoms with E-state index in [0.29, 0.717) is 0 Å². The molecule has 0 N–H and O–H groups in total. The molecular weight excluding hydrogens is 332 g/mol. The third kappa shape index (κ3) is 5.11. The molecule has 1 fully saturated rings. The minimum atomic E-state index is -2.39. The lowest BCUT2D eigenvalue weighted by Gasteiger charge is -2.35. The molecule has 1 aromatic rings. The summed E-state index contributed by atoms with van der Waals surface area (Å²) in [4.78, 5) is 0. The Morgan fingerprint density at radius 1 is 0.952 bits per heavy atom. The fourth-order valence-corrected chi connectivity index (χ4v) is 16.6. The SMILES string of the molecule is CC(=C[Si]1(C)O[SiH](C)O[SiH](C)O[SiH](C)O1)c1ccccc1. The van der Waals surface area contributed by atoms with Crippen LogP contribution in [0.1, 0.15) is 12.5 Å². The van der Waals surface area contributed by atoms with E-state index in [4.69, 9.17) is 16.5 Å². The molecule has 0 saturated carbocycles. The molecule has 0 aromatic heterocycles. The molecule has 1 saturated heterocycles. The first-order valence-corrected chi connectivity index (χ1v) is 16.0. The summed E-state index contributed by atoms with van der Waals surface area (Å²) in [6.45, 7) is 10.4. The van der Waals surface area contributed by atoms with Gasteiger partial charge in [-0.1, -0.05) is 30.3 Å². The van der Waals surface area contributed by atoms with Gasteiger partial charge in [-0.15, -0.1) is 0 Å². The number of rotatable bonds is 2. The smallest absolute Gasteiger partial charge is 0.344 e. The summed E-state index contributed by atoms with van der Waals surface area (Å²) in [5, 5.41) is 0. The molecule has 2 rings (SSSR count). The van der Waals surface area contributed by atoms with E-state index in [1.165, 1.54) is 11.1 Å². The van der Waals surface area contributed by atoms with Gasteiger partial charge in [0.2, 0.25) is 0 Å². The van der Waals surface area contributed by atoms with Crippen molar-refractivity contribution in [3.05, 3.63) is 41.6 Å². The average Bonchev–Trinajstić information content (AvgIpc) is 2.36. The summed E-state index contributed by atoms with van der Waals surface area (Å²) in [7, 11) is -7.31. The number of benzene rings is 1. The van der Waals surface area contributed by atoms with Crippen LogP contribution in [-0.2, 0) is 16.5 Å². The summed E-state index contributed by atoms with van der Waals surface area (Å²) in [6.07, 6.45) is 0. The van der Waals surface area contributed by atoms with Crippen molar-refractivity contribution in [3.8, 4) is 0 Å². The van der Waals surface area contributed by atoms with Crippen LogP contribution >= 0.6 is 0 Å². The monoisotopic (exact) mass is 356 g/mol. The lowest BCUT2D eigenvalue weighted by atomic mass is 10.1. The van der Waals surface area contributed by atoms with Crippen molar-refractivity contribution in [1.82, 2.24) is 0 Å². The minimum Gasteiger partial charge on any atom is -0.420 e. The van der Waals surface area contributed by atoms with E-state index in [1.807, 2.05) is 18.2 Å². The molecule has 1 aromatic carbocycles. The van der Waals surface area contributed by atoms with E-state index >= 15 is 0 Å². The van der Waals surface area contributed by atoms with Crippen LogP contribution in [0.3, 0.4) is 0 Å². The maximum absolute atomic E-state index is 6.26. The second kappa shape index (κ2) is 7.29. The minimum absolute atomic E-state index is 1.19. The topological polar surface area (TPSA) is 36.9 Å². The molecule has 21 heavy (non-hydrogen) atoms.